The number of nitrogens with one attached hydrogen (secondary N) is 2. The highest BCUT2D eigenvalue weighted by atomic mass is 32.1. The van der Waals surface area contributed by atoms with Gasteiger partial charge in [0.1, 0.15) is 0 Å². The fraction of sp³-hybridized carbons (Fsp3) is 0.154. The SMILES string of the molecule is CC(Nc1nc2ncccc2s1)c1ccc(=O)[nH]c1. The zero-order valence-corrected chi connectivity index (χ0v) is 11.1. The van der Waals surface area contributed by atoms with E-state index in [2.05, 4.69) is 20.3 Å². The minimum absolute atomic E-state index is 0.0670. The van der Waals surface area contributed by atoms with Crippen molar-refractivity contribution < 1.29 is 0 Å². The van der Waals surface area contributed by atoms with Gasteiger partial charge in [-0.1, -0.05) is 17.4 Å². The molecule has 0 bridgehead atoms. The van der Waals surface area contributed by atoms with Crippen molar-refractivity contribution in [2.75, 3.05) is 5.32 Å². The van der Waals surface area contributed by atoms with Crippen LogP contribution in [0.1, 0.15) is 18.5 Å². The number of pyridine rings is 2. The predicted molar refractivity (Wildman–Crippen MR) is 76.5 cm³/mol. The minimum atomic E-state index is -0.0971. The fourth-order valence-electron chi connectivity index (χ4n) is 1.79. The number of aromatic amines is 1. The molecule has 0 fully saturated rings. The first-order chi connectivity index (χ1) is 9.22. The first-order valence-electron chi connectivity index (χ1n) is 5.89. The van der Waals surface area contributed by atoms with Crippen molar-refractivity contribution in [3.05, 3.63) is 52.6 Å². The van der Waals surface area contributed by atoms with E-state index < -0.39 is 0 Å². The van der Waals surface area contributed by atoms with Gasteiger partial charge in [-0.3, -0.25) is 4.79 Å². The first-order valence-corrected chi connectivity index (χ1v) is 6.71. The standard InChI is InChI=1S/C13H12N4OS/c1-8(9-4-5-11(18)15-7-9)16-13-17-12-10(19-13)3-2-6-14-12/h2-8H,1H3,(H,15,18)(H,14,16,17). The summed E-state index contributed by atoms with van der Waals surface area (Å²) in [6, 6.07) is 7.29. The van der Waals surface area contributed by atoms with Crippen LogP contribution < -0.4 is 10.9 Å². The quantitative estimate of drug-likeness (QED) is 0.768. The zero-order chi connectivity index (χ0) is 13.2. The summed E-state index contributed by atoms with van der Waals surface area (Å²) in [6.07, 6.45) is 3.45. The van der Waals surface area contributed by atoms with Gasteiger partial charge in [0.05, 0.1) is 10.7 Å². The summed E-state index contributed by atoms with van der Waals surface area (Å²) in [7, 11) is 0. The number of nitrogens with zero attached hydrogens (tertiary/aromatic N) is 2. The molecule has 0 aliphatic heterocycles. The lowest BCUT2D eigenvalue weighted by molar-refractivity contribution is 0.870. The van der Waals surface area contributed by atoms with Crippen molar-refractivity contribution in [2.24, 2.45) is 0 Å². The number of H-pyrrole nitrogens is 1. The molecule has 2 N–H and O–H groups in total. The summed E-state index contributed by atoms with van der Waals surface area (Å²) in [6.45, 7) is 2.02. The normalized spacial score (nSPS) is 12.5. The molecule has 1 unspecified atom stereocenters. The Kier molecular flexibility index (Phi) is 3.00. The molecule has 0 aliphatic carbocycles. The van der Waals surface area contributed by atoms with E-state index in [0.29, 0.717) is 0 Å². The van der Waals surface area contributed by atoms with Crippen molar-refractivity contribution in [3.8, 4) is 0 Å². The van der Waals surface area contributed by atoms with Crippen LogP contribution in [0.2, 0.25) is 0 Å². The van der Waals surface area contributed by atoms with Crippen molar-refractivity contribution in [1.29, 1.82) is 0 Å². The molecule has 0 radical (unpaired) electrons. The molecule has 3 heterocycles. The minimum Gasteiger partial charge on any atom is -0.355 e. The topological polar surface area (TPSA) is 70.7 Å². The van der Waals surface area contributed by atoms with E-state index in [-0.39, 0.29) is 11.6 Å². The maximum Gasteiger partial charge on any atom is 0.247 e. The highest BCUT2D eigenvalue weighted by Gasteiger charge is 2.09. The smallest absolute Gasteiger partial charge is 0.247 e. The summed E-state index contributed by atoms with van der Waals surface area (Å²) in [4.78, 5) is 22.3. The van der Waals surface area contributed by atoms with E-state index in [1.54, 1.807) is 23.7 Å². The van der Waals surface area contributed by atoms with Crippen LogP contribution in [0.5, 0.6) is 0 Å². The number of anilines is 1. The number of hydrogen-bond acceptors (Lipinski definition) is 5. The Labute approximate surface area is 113 Å². The molecule has 0 saturated carbocycles. The lowest BCUT2D eigenvalue weighted by Gasteiger charge is -2.12. The largest absolute Gasteiger partial charge is 0.355 e. The molecule has 6 heteroatoms. The van der Waals surface area contributed by atoms with Crippen LogP contribution in [0.4, 0.5) is 5.13 Å². The molecule has 19 heavy (non-hydrogen) atoms. The van der Waals surface area contributed by atoms with Crippen LogP contribution >= 0.6 is 11.3 Å². The number of hydrogen-bond donors (Lipinski definition) is 2. The van der Waals surface area contributed by atoms with Gasteiger partial charge in [-0.2, -0.15) is 0 Å². The average Bonchev–Trinajstić information content (AvgIpc) is 2.81. The molecule has 3 rings (SSSR count). The van der Waals surface area contributed by atoms with Gasteiger partial charge >= 0.3 is 0 Å². The van der Waals surface area contributed by atoms with Crippen molar-refractivity contribution in [2.45, 2.75) is 13.0 Å². The van der Waals surface area contributed by atoms with Gasteiger partial charge in [-0.15, -0.1) is 0 Å². The van der Waals surface area contributed by atoms with E-state index in [9.17, 15) is 4.79 Å². The van der Waals surface area contributed by atoms with Crippen LogP contribution in [-0.2, 0) is 0 Å². The van der Waals surface area contributed by atoms with Gasteiger partial charge in [0.15, 0.2) is 10.8 Å². The summed E-state index contributed by atoms with van der Waals surface area (Å²) < 4.78 is 1.05. The monoisotopic (exact) mass is 272 g/mol. The first kappa shape index (κ1) is 11.9. The number of fused-ring (bicyclic) bond motifs is 1. The second-order valence-corrected chi connectivity index (χ2v) is 5.23. The Hall–Kier alpha value is -2.21. The zero-order valence-electron chi connectivity index (χ0n) is 10.3. The number of rotatable bonds is 3. The molecule has 3 aromatic heterocycles. The van der Waals surface area contributed by atoms with Crippen LogP contribution in [0, 0.1) is 0 Å². The Bertz CT molecular complexity index is 711. The van der Waals surface area contributed by atoms with Gasteiger partial charge in [0.2, 0.25) is 5.56 Å². The van der Waals surface area contributed by atoms with Gasteiger partial charge in [-0.25, -0.2) is 9.97 Å². The molecule has 3 aromatic rings. The molecule has 5 nitrogen and oxygen atoms in total. The third kappa shape index (κ3) is 2.48. The Balaban J connectivity index is 1.84. The lowest BCUT2D eigenvalue weighted by Crippen LogP contribution is -2.10. The van der Waals surface area contributed by atoms with Crippen LogP contribution in [-0.4, -0.2) is 15.0 Å². The van der Waals surface area contributed by atoms with Gasteiger partial charge in [-0.05, 0) is 24.6 Å². The maximum atomic E-state index is 11.0. The van der Waals surface area contributed by atoms with E-state index in [4.69, 9.17) is 0 Å². The van der Waals surface area contributed by atoms with Crippen LogP contribution in [0.25, 0.3) is 10.3 Å². The van der Waals surface area contributed by atoms with Gasteiger partial charge in [0.25, 0.3) is 0 Å². The van der Waals surface area contributed by atoms with E-state index in [1.165, 1.54) is 6.07 Å². The predicted octanol–water partition coefficient (Wildman–Crippen LogP) is 2.55. The maximum absolute atomic E-state index is 11.0. The van der Waals surface area contributed by atoms with Crippen molar-refractivity contribution in [3.63, 3.8) is 0 Å². The van der Waals surface area contributed by atoms with E-state index in [1.807, 2.05) is 25.1 Å². The summed E-state index contributed by atoms with van der Waals surface area (Å²) in [5.41, 5.74) is 1.66. The second-order valence-electron chi connectivity index (χ2n) is 4.20. The van der Waals surface area contributed by atoms with Crippen molar-refractivity contribution in [1.82, 2.24) is 15.0 Å². The third-order valence-electron chi connectivity index (χ3n) is 2.81. The summed E-state index contributed by atoms with van der Waals surface area (Å²) >= 11 is 1.57. The van der Waals surface area contributed by atoms with Gasteiger partial charge in [0, 0.05) is 18.5 Å². The Morgan fingerprint density at radius 2 is 2.26 bits per heavy atom. The second kappa shape index (κ2) is 4.81. The third-order valence-corrected chi connectivity index (χ3v) is 3.75. The molecule has 0 saturated heterocycles. The average molecular weight is 272 g/mol. The summed E-state index contributed by atoms with van der Waals surface area (Å²) in [5.74, 6) is 0. The highest BCUT2D eigenvalue weighted by Crippen LogP contribution is 2.26. The fourth-order valence-corrected chi connectivity index (χ4v) is 2.70. The van der Waals surface area contributed by atoms with Crippen LogP contribution in [0.3, 0.4) is 0 Å². The highest BCUT2D eigenvalue weighted by molar-refractivity contribution is 7.22. The molecule has 0 aliphatic rings. The number of aromatic nitrogens is 3. The van der Waals surface area contributed by atoms with Crippen LogP contribution in [0.15, 0.2) is 41.5 Å². The molecule has 96 valence electrons. The van der Waals surface area contributed by atoms with E-state index >= 15 is 0 Å². The van der Waals surface area contributed by atoms with Crippen molar-refractivity contribution >= 4 is 26.8 Å². The molecule has 0 amide bonds. The molecule has 0 aromatic carbocycles. The molecule has 1 atom stereocenters. The van der Waals surface area contributed by atoms with Gasteiger partial charge < -0.3 is 10.3 Å². The molecular weight excluding hydrogens is 260 g/mol. The summed E-state index contributed by atoms with van der Waals surface area (Å²) in [5, 5.41) is 4.14. The Morgan fingerprint density at radius 1 is 1.37 bits per heavy atom. The molecular formula is C13H12N4OS. The lowest BCUT2D eigenvalue weighted by atomic mass is 10.1. The molecule has 0 spiro atoms. The van der Waals surface area contributed by atoms with E-state index in [0.717, 1.165) is 21.0 Å². The Morgan fingerprint density at radius 3 is 3.00 bits per heavy atom. The number of thiazole rings is 1.